The lowest BCUT2D eigenvalue weighted by Gasteiger charge is -2.26. The summed E-state index contributed by atoms with van der Waals surface area (Å²) in [4.78, 5) is 5.77. The molecule has 0 saturated heterocycles. The zero-order valence-corrected chi connectivity index (χ0v) is 12.3. The van der Waals surface area contributed by atoms with Gasteiger partial charge in [0.1, 0.15) is 5.01 Å². The zero-order valence-electron chi connectivity index (χ0n) is 11.5. The van der Waals surface area contributed by atoms with Crippen molar-refractivity contribution >= 4 is 11.3 Å². The molecule has 20 heavy (non-hydrogen) atoms. The highest BCUT2D eigenvalue weighted by Crippen LogP contribution is 2.25. The minimum atomic E-state index is -0.0823. The number of rotatable bonds is 4. The molecule has 4 heteroatoms. The molecule has 0 aliphatic heterocycles. The van der Waals surface area contributed by atoms with Gasteiger partial charge in [-0.3, -0.25) is 0 Å². The summed E-state index contributed by atoms with van der Waals surface area (Å²) in [7, 11) is 0. The Morgan fingerprint density at radius 2 is 1.90 bits per heavy atom. The molecule has 3 nitrogen and oxygen atoms in total. The molecule has 1 aromatic heterocycles. The van der Waals surface area contributed by atoms with Crippen LogP contribution in [0.2, 0.25) is 0 Å². The summed E-state index contributed by atoms with van der Waals surface area (Å²) in [5.41, 5.74) is 1.18. The van der Waals surface area contributed by atoms with Crippen LogP contribution < -0.4 is 5.32 Å². The van der Waals surface area contributed by atoms with E-state index < -0.39 is 0 Å². The van der Waals surface area contributed by atoms with E-state index in [-0.39, 0.29) is 6.10 Å². The number of thiazole rings is 1. The molecule has 106 valence electrons. The first-order valence-corrected chi connectivity index (χ1v) is 8.04. The third kappa shape index (κ3) is 3.45. The van der Waals surface area contributed by atoms with Gasteiger partial charge in [0.05, 0.1) is 6.10 Å². The second-order valence-corrected chi connectivity index (χ2v) is 6.50. The van der Waals surface area contributed by atoms with E-state index in [4.69, 9.17) is 0 Å². The Balaban J connectivity index is 1.55. The van der Waals surface area contributed by atoms with Crippen molar-refractivity contribution < 1.29 is 5.11 Å². The van der Waals surface area contributed by atoms with E-state index in [1.807, 2.05) is 24.4 Å². The van der Waals surface area contributed by atoms with E-state index in [9.17, 15) is 5.11 Å². The van der Waals surface area contributed by atoms with E-state index >= 15 is 0 Å². The van der Waals surface area contributed by atoms with Gasteiger partial charge in [-0.15, -0.1) is 11.3 Å². The van der Waals surface area contributed by atoms with E-state index in [2.05, 4.69) is 22.4 Å². The number of aliphatic hydroxyl groups is 1. The minimum Gasteiger partial charge on any atom is -0.393 e. The van der Waals surface area contributed by atoms with E-state index in [1.54, 1.807) is 11.3 Å². The summed E-state index contributed by atoms with van der Waals surface area (Å²) in [6.45, 7) is 0.880. The molecule has 1 heterocycles. The Bertz CT molecular complexity index is 532. The van der Waals surface area contributed by atoms with Crippen LogP contribution in [0.25, 0.3) is 10.6 Å². The Hall–Kier alpha value is -1.23. The average molecular weight is 288 g/mol. The van der Waals surface area contributed by atoms with Crippen LogP contribution in [0.1, 0.15) is 30.6 Å². The molecule has 2 N–H and O–H groups in total. The molecule has 0 atom stereocenters. The number of aliphatic hydroxyl groups excluding tert-OH is 1. The van der Waals surface area contributed by atoms with Crippen LogP contribution in [0.4, 0.5) is 0 Å². The Kier molecular flexibility index (Phi) is 4.45. The molecule has 0 spiro atoms. The maximum absolute atomic E-state index is 9.51. The van der Waals surface area contributed by atoms with E-state index in [0.717, 1.165) is 37.2 Å². The minimum absolute atomic E-state index is 0.0823. The van der Waals surface area contributed by atoms with Crippen molar-refractivity contribution in [3.8, 4) is 10.6 Å². The molecule has 0 radical (unpaired) electrons. The Morgan fingerprint density at radius 1 is 1.15 bits per heavy atom. The SMILES string of the molecule is OC1CCC(NCc2cnc(-c3ccccc3)s2)CC1. The van der Waals surface area contributed by atoms with Crippen LogP contribution in [0.3, 0.4) is 0 Å². The normalized spacial score (nSPS) is 22.9. The van der Waals surface area contributed by atoms with Crippen LogP contribution in [0.15, 0.2) is 36.5 Å². The lowest BCUT2D eigenvalue weighted by atomic mass is 9.93. The van der Waals surface area contributed by atoms with Crippen LogP contribution >= 0.6 is 11.3 Å². The molecule has 1 aliphatic rings. The van der Waals surface area contributed by atoms with Crippen molar-refractivity contribution in [2.24, 2.45) is 0 Å². The summed E-state index contributed by atoms with van der Waals surface area (Å²) in [6.07, 6.45) is 5.89. The van der Waals surface area contributed by atoms with Crippen molar-refractivity contribution in [3.63, 3.8) is 0 Å². The number of nitrogens with one attached hydrogen (secondary N) is 1. The molecule has 0 bridgehead atoms. The number of nitrogens with zero attached hydrogens (tertiary/aromatic N) is 1. The van der Waals surface area contributed by atoms with Gasteiger partial charge in [-0.25, -0.2) is 4.98 Å². The quantitative estimate of drug-likeness (QED) is 0.908. The van der Waals surface area contributed by atoms with Crippen molar-refractivity contribution in [1.82, 2.24) is 10.3 Å². The van der Waals surface area contributed by atoms with Crippen LogP contribution in [-0.2, 0) is 6.54 Å². The number of benzene rings is 1. The molecule has 0 amide bonds. The van der Waals surface area contributed by atoms with Crippen molar-refractivity contribution in [1.29, 1.82) is 0 Å². The summed E-state index contributed by atoms with van der Waals surface area (Å²) >= 11 is 1.75. The highest BCUT2D eigenvalue weighted by atomic mass is 32.1. The molecular weight excluding hydrogens is 268 g/mol. The van der Waals surface area contributed by atoms with Crippen molar-refractivity contribution in [2.75, 3.05) is 0 Å². The topological polar surface area (TPSA) is 45.1 Å². The number of hydrogen-bond acceptors (Lipinski definition) is 4. The molecule has 1 aromatic carbocycles. The van der Waals surface area contributed by atoms with E-state index in [1.165, 1.54) is 10.4 Å². The van der Waals surface area contributed by atoms with Crippen LogP contribution in [0.5, 0.6) is 0 Å². The molecule has 3 rings (SSSR count). The largest absolute Gasteiger partial charge is 0.393 e. The first-order chi connectivity index (χ1) is 9.81. The third-order valence-electron chi connectivity index (χ3n) is 3.84. The highest BCUT2D eigenvalue weighted by molar-refractivity contribution is 7.15. The number of hydrogen-bond donors (Lipinski definition) is 2. The molecule has 0 unspecified atom stereocenters. The predicted octanol–water partition coefficient (Wildman–Crippen LogP) is 3.20. The molecular formula is C16H20N2OS. The molecule has 2 aromatic rings. The summed E-state index contributed by atoms with van der Waals surface area (Å²) < 4.78 is 0. The fourth-order valence-electron chi connectivity index (χ4n) is 2.63. The first-order valence-electron chi connectivity index (χ1n) is 7.23. The van der Waals surface area contributed by atoms with Gasteiger partial charge in [-0.05, 0) is 25.7 Å². The van der Waals surface area contributed by atoms with Gasteiger partial charge in [0.15, 0.2) is 0 Å². The van der Waals surface area contributed by atoms with Gasteiger partial charge in [0, 0.05) is 29.2 Å². The second-order valence-electron chi connectivity index (χ2n) is 5.38. The molecule has 1 saturated carbocycles. The predicted molar refractivity (Wildman–Crippen MR) is 82.7 cm³/mol. The first kappa shape index (κ1) is 13.7. The van der Waals surface area contributed by atoms with E-state index in [0.29, 0.717) is 6.04 Å². The van der Waals surface area contributed by atoms with Crippen LogP contribution in [-0.4, -0.2) is 22.2 Å². The smallest absolute Gasteiger partial charge is 0.123 e. The average Bonchev–Trinajstić information content (AvgIpc) is 2.97. The monoisotopic (exact) mass is 288 g/mol. The van der Waals surface area contributed by atoms with Gasteiger partial charge >= 0.3 is 0 Å². The van der Waals surface area contributed by atoms with Gasteiger partial charge in [0.2, 0.25) is 0 Å². The highest BCUT2D eigenvalue weighted by Gasteiger charge is 2.18. The Labute approximate surface area is 123 Å². The van der Waals surface area contributed by atoms with Gasteiger partial charge in [-0.1, -0.05) is 30.3 Å². The molecule has 1 aliphatic carbocycles. The summed E-state index contributed by atoms with van der Waals surface area (Å²) in [5.74, 6) is 0. The summed E-state index contributed by atoms with van der Waals surface area (Å²) in [5, 5.41) is 14.2. The molecule has 1 fully saturated rings. The maximum atomic E-state index is 9.51. The number of aromatic nitrogens is 1. The zero-order chi connectivity index (χ0) is 13.8. The second kappa shape index (κ2) is 6.48. The van der Waals surface area contributed by atoms with Gasteiger partial charge in [-0.2, -0.15) is 0 Å². The fourth-order valence-corrected chi connectivity index (χ4v) is 3.50. The van der Waals surface area contributed by atoms with Gasteiger partial charge < -0.3 is 10.4 Å². The van der Waals surface area contributed by atoms with Crippen molar-refractivity contribution in [3.05, 3.63) is 41.4 Å². The third-order valence-corrected chi connectivity index (χ3v) is 4.88. The lowest BCUT2D eigenvalue weighted by molar-refractivity contribution is 0.116. The lowest BCUT2D eigenvalue weighted by Crippen LogP contribution is -2.33. The summed E-state index contributed by atoms with van der Waals surface area (Å²) in [6, 6.07) is 10.8. The fraction of sp³-hybridized carbons (Fsp3) is 0.438. The van der Waals surface area contributed by atoms with Crippen LogP contribution in [0, 0.1) is 0 Å². The van der Waals surface area contributed by atoms with Crippen molar-refractivity contribution in [2.45, 2.75) is 44.4 Å². The standard InChI is InChI=1S/C16H20N2OS/c19-14-8-6-13(7-9-14)17-10-15-11-18-16(20-15)12-4-2-1-3-5-12/h1-5,11,13-14,17,19H,6-10H2. The Morgan fingerprint density at radius 3 is 2.65 bits per heavy atom. The maximum Gasteiger partial charge on any atom is 0.123 e. The van der Waals surface area contributed by atoms with Gasteiger partial charge in [0.25, 0.3) is 0 Å².